The van der Waals surface area contributed by atoms with Crippen molar-refractivity contribution < 1.29 is 33.5 Å². The van der Waals surface area contributed by atoms with Crippen molar-refractivity contribution in [3.05, 3.63) is 0 Å². The molecule has 0 aromatic rings. The van der Waals surface area contributed by atoms with Crippen molar-refractivity contribution in [3.8, 4) is 0 Å². The minimum absolute atomic E-state index is 0.0188. The molecule has 0 saturated carbocycles. The van der Waals surface area contributed by atoms with Crippen LogP contribution in [0.5, 0.6) is 0 Å². The van der Waals surface area contributed by atoms with Gasteiger partial charge in [0, 0.05) is 13.1 Å². The van der Waals surface area contributed by atoms with Crippen LogP contribution in [0.3, 0.4) is 0 Å². The van der Waals surface area contributed by atoms with Gasteiger partial charge in [-0.2, -0.15) is 0 Å². The Hall–Kier alpha value is -2.41. The minimum Gasteiger partial charge on any atom is -0.00873 e. The summed E-state index contributed by atoms with van der Waals surface area (Å²) in [4.78, 5) is 45.2. The predicted octanol–water partition coefficient (Wildman–Crippen LogP) is 1.03. The molecule has 2 N–H and O–H groups in total. The summed E-state index contributed by atoms with van der Waals surface area (Å²) in [5, 5.41) is 8.16. The van der Waals surface area contributed by atoms with E-state index in [1.807, 2.05) is 20.8 Å². The second kappa shape index (κ2) is 10.5. The number of likely N-dealkylation sites (tertiary alicyclic amines) is 1. The second-order valence-corrected chi connectivity index (χ2v) is 9.08. The van der Waals surface area contributed by atoms with Gasteiger partial charge in [0.25, 0.3) is 0 Å². The molecule has 3 aliphatic rings. The van der Waals surface area contributed by atoms with Crippen LogP contribution in [0.2, 0.25) is 0 Å². The summed E-state index contributed by atoms with van der Waals surface area (Å²) in [7, 11) is 0.708. The van der Waals surface area contributed by atoms with Gasteiger partial charge in [-0.05, 0) is 33.6 Å². The fourth-order valence-corrected chi connectivity index (χ4v) is 4.08. The number of amides is 4. The van der Waals surface area contributed by atoms with E-state index in [4.69, 9.17) is 24.4 Å². The molecule has 0 spiro atoms. The summed E-state index contributed by atoms with van der Waals surface area (Å²) in [6.45, 7) is 7.53. The third-order valence-electron chi connectivity index (χ3n) is 5.60. The quantitative estimate of drug-likeness (QED) is 0.319. The van der Waals surface area contributed by atoms with Crippen molar-refractivity contribution >= 4 is 25.3 Å². The normalized spacial score (nSPS) is 23.7. The average molecular weight is 453 g/mol. The van der Waals surface area contributed by atoms with E-state index >= 15 is 0 Å². The van der Waals surface area contributed by atoms with E-state index in [0.717, 1.165) is 5.06 Å². The smallest absolute Gasteiger partial charge is 0.00873 e. The number of carbonyl (C=O) groups is 3. The average Bonchev–Trinajstić information content (AvgIpc) is 2.97. The molecule has 12 nitrogen and oxygen atoms in total. The molecule has 0 unspecified atom stereocenters. The third kappa shape index (κ3) is 6.09. The molecule has 4 amide bonds. The number of hydrogen-bond acceptors (Lipinski definition) is 8. The summed E-state index contributed by atoms with van der Waals surface area (Å²) < 4.78 is 16.1. The molecule has 3 fully saturated rings. The van der Waals surface area contributed by atoms with Crippen LogP contribution < -0.4 is 5.48 Å². The number of ether oxygens (including phenoxy) is 2. The van der Waals surface area contributed by atoms with Crippen LogP contribution in [0.1, 0.15) is 46.5 Å². The van der Waals surface area contributed by atoms with Crippen molar-refractivity contribution in [2.45, 2.75) is 70.2 Å². The van der Waals surface area contributed by atoms with Gasteiger partial charge >= 0.3 is 121 Å². The van der Waals surface area contributed by atoms with E-state index in [1.165, 1.54) is 4.90 Å². The summed E-state index contributed by atoms with van der Waals surface area (Å²) in [5.41, 5.74) is 1.88. The first-order valence-corrected chi connectivity index (χ1v) is 11.0. The molecule has 2 atom stereocenters. The standard InChI is InChI=1S/C19H32BN5O7/c1-19(2,3)31-18(28)23-8-6-14(7-9-23)29-10-11-30-22-16(26)15-5-4-13-12-24(15)17(27)25(13)32-20-21/h13-15,21H,4-12H2,1-3H3,(H,22,26)/t13-,15+/m1/s1. The fraction of sp³-hybridized carbons (Fsp3) is 0.842. The van der Waals surface area contributed by atoms with Gasteiger partial charge in [-0.25, -0.2) is 4.79 Å². The Morgan fingerprint density at radius 1 is 1.16 bits per heavy atom. The summed E-state index contributed by atoms with van der Waals surface area (Å²) in [6.07, 6.45) is 2.24. The Kier molecular flexibility index (Phi) is 7.93. The third-order valence-corrected chi connectivity index (χ3v) is 5.60. The molecule has 0 aliphatic carbocycles. The zero-order valence-corrected chi connectivity index (χ0v) is 18.9. The monoisotopic (exact) mass is 453 g/mol. The first-order valence-electron chi connectivity index (χ1n) is 11.0. The Bertz CT molecular complexity index is 711. The van der Waals surface area contributed by atoms with Crippen LogP contribution in [0, 0.1) is 5.31 Å². The van der Waals surface area contributed by atoms with Crippen LogP contribution in [0.4, 0.5) is 9.59 Å². The van der Waals surface area contributed by atoms with Gasteiger partial charge in [0.15, 0.2) is 0 Å². The van der Waals surface area contributed by atoms with Gasteiger partial charge in [0.05, 0.1) is 0 Å². The van der Waals surface area contributed by atoms with Crippen LogP contribution in [-0.2, 0) is 23.9 Å². The maximum atomic E-state index is 12.4. The Morgan fingerprint density at radius 2 is 1.88 bits per heavy atom. The summed E-state index contributed by atoms with van der Waals surface area (Å²) in [5.74, 6) is -0.390. The number of hydrogen-bond donors (Lipinski definition) is 2. The van der Waals surface area contributed by atoms with Crippen LogP contribution in [0.25, 0.3) is 0 Å². The van der Waals surface area contributed by atoms with Crippen molar-refractivity contribution in [2.24, 2.45) is 0 Å². The number of hydroxylamine groups is 3. The SMILES string of the molecule is CC(C)(C)OC(=O)N1CCC(OCCONC(=O)[C@@H]2CC[C@@H]3CN2C(=O)N3OB=N)CC1. The molecule has 0 aromatic heterocycles. The molecule has 13 heteroatoms. The van der Waals surface area contributed by atoms with Gasteiger partial charge in [-0.1, -0.05) is 0 Å². The van der Waals surface area contributed by atoms with Crippen molar-refractivity contribution in [1.29, 1.82) is 5.31 Å². The topological polar surface area (TPSA) is 134 Å². The number of nitrogens with zero attached hydrogens (tertiary/aromatic N) is 3. The molecule has 3 saturated heterocycles. The van der Waals surface area contributed by atoms with E-state index in [-0.39, 0.29) is 30.8 Å². The minimum atomic E-state index is -0.629. The van der Waals surface area contributed by atoms with Crippen molar-refractivity contribution in [1.82, 2.24) is 20.3 Å². The van der Waals surface area contributed by atoms with Crippen molar-refractivity contribution in [2.75, 3.05) is 32.8 Å². The molecular formula is C19H32BN5O7. The van der Waals surface area contributed by atoms with Gasteiger partial charge in [0.1, 0.15) is 5.60 Å². The van der Waals surface area contributed by atoms with E-state index in [1.54, 1.807) is 4.90 Å². The molecular weight excluding hydrogens is 421 g/mol. The number of rotatable bonds is 8. The zero-order chi connectivity index (χ0) is 23.3. The number of piperidine rings is 2. The number of nitrogens with one attached hydrogen (secondary N) is 2. The number of carbonyl (C=O) groups excluding carboxylic acids is 3. The second-order valence-electron chi connectivity index (χ2n) is 9.08. The van der Waals surface area contributed by atoms with Crippen LogP contribution >= 0.6 is 0 Å². The largest absolute Gasteiger partial charge is 0.0263 e. The van der Waals surface area contributed by atoms with Gasteiger partial charge in [-0.15, -0.1) is 0 Å². The van der Waals surface area contributed by atoms with E-state index in [2.05, 4.69) is 5.48 Å². The molecule has 3 aliphatic heterocycles. The molecule has 0 radical (unpaired) electrons. The van der Waals surface area contributed by atoms with E-state index in [0.29, 0.717) is 59.2 Å². The Labute approximate surface area is 188 Å². The molecule has 2 bridgehead atoms. The molecule has 178 valence electrons. The zero-order valence-electron chi connectivity index (χ0n) is 18.9. The van der Waals surface area contributed by atoms with Crippen LogP contribution in [0.15, 0.2) is 0 Å². The Balaban J connectivity index is 1.30. The molecule has 32 heavy (non-hydrogen) atoms. The number of urea groups is 1. The Morgan fingerprint density at radius 3 is 2.53 bits per heavy atom. The molecule has 3 rings (SSSR count). The van der Waals surface area contributed by atoms with Crippen LogP contribution in [-0.4, -0.2) is 96.8 Å². The van der Waals surface area contributed by atoms with Gasteiger partial charge in [0.2, 0.25) is 0 Å². The first kappa shape index (κ1) is 24.2. The molecule has 3 heterocycles. The maximum Gasteiger partial charge on any atom is 0.0263 e. The summed E-state index contributed by atoms with van der Waals surface area (Å²) in [6, 6.07) is -1.20. The van der Waals surface area contributed by atoms with E-state index < -0.39 is 17.7 Å². The van der Waals surface area contributed by atoms with Gasteiger partial charge < -0.3 is 9.64 Å². The van der Waals surface area contributed by atoms with Gasteiger partial charge in [-0.3, -0.25) is 0 Å². The van der Waals surface area contributed by atoms with Crippen molar-refractivity contribution in [3.63, 3.8) is 0 Å². The predicted molar refractivity (Wildman–Crippen MR) is 111 cm³/mol. The molecule has 0 aromatic carbocycles. The fourth-order valence-electron chi connectivity index (χ4n) is 4.08. The van der Waals surface area contributed by atoms with E-state index in [9.17, 15) is 14.4 Å². The number of fused-ring (bicyclic) bond motifs is 2. The maximum absolute atomic E-state index is 12.4. The first-order chi connectivity index (χ1) is 15.2. The summed E-state index contributed by atoms with van der Waals surface area (Å²) >= 11 is 0.